The second-order valence-corrected chi connectivity index (χ2v) is 9.06. The fourth-order valence-electron chi connectivity index (χ4n) is 4.11. The highest BCUT2D eigenvalue weighted by molar-refractivity contribution is 6.42. The van der Waals surface area contributed by atoms with Crippen molar-refractivity contribution in [1.29, 1.82) is 0 Å². The van der Waals surface area contributed by atoms with Gasteiger partial charge in [-0.15, -0.1) is 0 Å². The van der Waals surface area contributed by atoms with Gasteiger partial charge in [-0.2, -0.15) is 0 Å². The Kier molecular flexibility index (Phi) is 10.8. The van der Waals surface area contributed by atoms with E-state index in [9.17, 15) is 24.3 Å². The molecule has 0 aliphatic carbocycles. The van der Waals surface area contributed by atoms with Crippen molar-refractivity contribution >= 4 is 47.0 Å². The van der Waals surface area contributed by atoms with Crippen LogP contribution in [0, 0.1) is 5.92 Å². The van der Waals surface area contributed by atoms with E-state index in [0.717, 1.165) is 25.2 Å². The summed E-state index contributed by atoms with van der Waals surface area (Å²) in [5.41, 5.74) is 0.824. The lowest BCUT2D eigenvalue weighted by Gasteiger charge is -2.40. The lowest BCUT2D eigenvalue weighted by Crippen LogP contribution is -2.52. The molecule has 9 nitrogen and oxygen atoms in total. The molecule has 11 heteroatoms. The number of carbonyl (C=O) groups excluding carboxylic acids is 1. The molecule has 2 heterocycles. The van der Waals surface area contributed by atoms with Crippen LogP contribution in [0.4, 0.5) is 0 Å². The van der Waals surface area contributed by atoms with E-state index < -0.39 is 17.9 Å². The smallest absolute Gasteiger partial charge is 0.328 e. The van der Waals surface area contributed by atoms with Crippen LogP contribution in [0.3, 0.4) is 0 Å². The predicted octanol–water partition coefficient (Wildman–Crippen LogP) is 3.04. The molecule has 2 atom stereocenters. The van der Waals surface area contributed by atoms with E-state index in [1.54, 1.807) is 12.1 Å². The van der Waals surface area contributed by atoms with Crippen molar-refractivity contribution in [2.75, 3.05) is 26.2 Å². The van der Waals surface area contributed by atoms with Crippen LogP contribution in [-0.2, 0) is 25.6 Å². The predicted molar refractivity (Wildman–Crippen MR) is 126 cm³/mol. The molecule has 186 valence electrons. The number of amides is 1. The van der Waals surface area contributed by atoms with Gasteiger partial charge >= 0.3 is 17.9 Å². The molecule has 2 aliphatic rings. The molecule has 0 spiro atoms. The van der Waals surface area contributed by atoms with E-state index in [1.165, 1.54) is 12.8 Å². The monoisotopic (exact) mass is 514 g/mol. The van der Waals surface area contributed by atoms with Gasteiger partial charge in [0.25, 0.3) is 0 Å². The molecular weight excluding hydrogens is 487 g/mol. The fraction of sp³-hybridized carbons (Fsp3) is 0.478. The zero-order chi connectivity index (χ0) is 25.3. The molecule has 1 aromatic carbocycles. The highest BCUT2D eigenvalue weighted by atomic mass is 35.5. The molecule has 2 unspecified atom stereocenters. The maximum absolute atomic E-state index is 12.9. The van der Waals surface area contributed by atoms with E-state index in [2.05, 4.69) is 4.90 Å². The lowest BCUT2D eigenvalue weighted by atomic mass is 9.90. The average Bonchev–Trinajstić information content (AvgIpc) is 3.28. The maximum atomic E-state index is 12.9. The molecule has 1 amide bonds. The minimum Gasteiger partial charge on any atom is -0.481 e. The van der Waals surface area contributed by atoms with Gasteiger partial charge in [-0.3, -0.25) is 9.59 Å². The Morgan fingerprint density at radius 2 is 1.56 bits per heavy atom. The van der Waals surface area contributed by atoms with E-state index >= 15 is 0 Å². The van der Waals surface area contributed by atoms with Crippen molar-refractivity contribution in [1.82, 2.24) is 9.80 Å². The Bertz CT molecular complexity index is 916. The van der Waals surface area contributed by atoms with E-state index in [-0.39, 0.29) is 24.3 Å². The molecule has 1 aromatic rings. The van der Waals surface area contributed by atoms with Crippen LogP contribution >= 0.6 is 23.2 Å². The average molecular weight is 515 g/mol. The summed E-state index contributed by atoms with van der Waals surface area (Å²) in [6.07, 6.45) is 4.76. The van der Waals surface area contributed by atoms with Crippen molar-refractivity contribution in [3.05, 3.63) is 46.0 Å². The lowest BCUT2D eigenvalue weighted by molar-refractivity contribution is -0.148. The SMILES string of the molecule is O=C(O)/C=C\C(=O)O.O=C(O)C1CCN(C(=O)Cc2ccc(Cl)c(Cl)c2)C(CN2CCCC2)C1. The number of nitrogens with zero attached hydrogens (tertiary/aromatic N) is 2. The van der Waals surface area contributed by atoms with Gasteiger partial charge in [0.1, 0.15) is 0 Å². The Morgan fingerprint density at radius 3 is 2.09 bits per heavy atom. The minimum absolute atomic E-state index is 0.0245. The van der Waals surface area contributed by atoms with Crippen molar-refractivity contribution in [3.8, 4) is 0 Å². The van der Waals surface area contributed by atoms with Gasteiger partial charge in [-0.1, -0.05) is 29.3 Å². The van der Waals surface area contributed by atoms with Gasteiger partial charge < -0.3 is 25.1 Å². The molecule has 0 radical (unpaired) electrons. The minimum atomic E-state index is -1.26. The normalized spacial score (nSPS) is 20.6. The van der Waals surface area contributed by atoms with Crippen molar-refractivity contribution in [3.63, 3.8) is 0 Å². The second kappa shape index (κ2) is 13.3. The summed E-state index contributed by atoms with van der Waals surface area (Å²) in [5.74, 6) is -3.61. The molecule has 0 aromatic heterocycles. The maximum Gasteiger partial charge on any atom is 0.328 e. The standard InChI is InChI=1S/C19H24Cl2N2O3.C4H4O4/c20-16-4-3-13(9-17(16)21)10-18(24)23-8-5-14(19(25)26)11-15(23)12-22-6-1-2-7-22;5-3(6)1-2-4(7)8/h3-4,9,14-15H,1-2,5-8,10-12H2,(H,25,26);1-2H,(H,5,6)(H,7,8)/b;2-1-. The topological polar surface area (TPSA) is 135 Å². The number of halogens is 2. The highest BCUT2D eigenvalue weighted by Gasteiger charge is 2.35. The van der Waals surface area contributed by atoms with Gasteiger partial charge in [0.15, 0.2) is 0 Å². The number of piperidine rings is 1. The largest absolute Gasteiger partial charge is 0.481 e. The van der Waals surface area contributed by atoms with Crippen molar-refractivity contribution in [2.24, 2.45) is 5.92 Å². The third-order valence-electron chi connectivity index (χ3n) is 5.76. The number of hydrogen-bond acceptors (Lipinski definition) is 5. The molecule has 3 N–H and O–H groups in total. The highest BCUT2D eigenvalue weighted by Crippen LogP contribution is 2.27. The van der Waals surface area contributed by atoms with Crippen LogP contribution in [0.5, 0.6) is 0 Å². The number of aliphatic carboxylic acids is 3. The summed E-state index contributed by atoms with van der Waals surface area (Å²) in [7, 11) is 0. The molecule has 2 aliphatic heterocycles. The molecule has 2 fully saturated rings. The van der Waals surface area contributed by atoms with Crippen LogP contribution in [0.2, 0.25) is 10.0 Å². The van der Waals surface area contributed by atoms with E-state index in [1.807, 2.05) is 11.0 Å². The summed E-state index contributed by atoms with van der Waals surface area (Å²) in [6.45, 7) is 3.32. The number of rotatable bonds is 7. The van der Waals surface area contributed by atoms with Crippen molar-refractivity contribution < 1.29 is 34.5 Å². The van der Waals surface area contributed by atoms with Crippen LogP contribution in [0.1, 0.15) is 31.2 Å². The summed E-state index contributed by atoms with van der Waals surface area (Å²) in [4.78, 5) is 47.7. The zero-order valence-corrected chi connectivity index (χ0v) is 20.0. The van der Waals surface area contributed by atoms with Crippen molar-refractivity contribution in [2.45, 2.75) is 38.1 Å². The van der Waals surface area contributed by atoms with Crippen LogP contribution < -0.4 is 0 Å². The molecule has 3 rings (SSSR count). The summed E-state index contributed by atoms with van der Waals surface area (Å²) < 4.78 is 0. The molecule has 0 saturated carbocycles. The van der Waals surface area contributed by atoms with Crippen LogP contribution in [0.25, 0.3) is 0 Å². The Labute approximate surface area is 207 Å². The zero-order valence-electron chi connectivity index (χ0n) is 18.5. The van der Waals surface area contributed by atoms with Gasteiger partial charge in [0.2, 0.25) is 5.91 Å². The third-order valence-corrected chi connectivity index (χ3v) is 6.50. The molecule has 34 heavy (non-hydrogen) atoms. The van der Waals surface area contributed by atoms with Gasteiger partial charge in [0.05, 0.1) is 22.4 Å². The van der Waals surface area contributed by atoms with E-state index in [4.69, 9.17) is 33.4 Å². The first-order valence-corrected chi connectivity index (χ1v) is 11.6. The Hall–Kier alpha value is -2.62. The number of hydrogen-bond donors (Lipinski definition) is 3. The third kappa shape index (κ3) is 8.96. The van der Waals surface area contributed by atoms with Crippen LogP contribution in [0.15, 0.2) is 30.4 Å². The van der Waals surface area contributed by atoms with Crippen LogP contribution in [-0.4, -0.2) is 81.2 Å². The molecule has 2 saturated heterocycles. The number of carbonyl (C=O) groups is 4. The number of likely N-dealkylation sites (tertiary alicyclic amines) is 2. The van der Waals surface area contributed by atoms with Gasteiger partial charge in [-0.05, 0) is 56.5 Å². The summed E-state index contributed by atoms with van der Waals surface area (Å²) in [5, 5.41) is 25.9. The van der Waals surface area contributed by atoms with Gasteiger partial charge in [-0.25, -0.2) is 9.59 Å². The summed E-state index contributed by atoms with van der Waals surface area (Å²) >= 11 is 12.0. The Balaban J connectivity index is 0.000000440. The first-order chi connectivity index (χ1) is 16.1. The quantitative estimate of drug-likeness (QED) is 0.472. The number of carboxylic acids is 3. The molecule has 0 bridgehead atoms. The number of benzene rings is 1. The van der Waals surface area contributed by atoms with Gasteiger partial charge in [0, 0.05) is 31.3 Å². The Morgan fingerprint density at radius 1 is 0.941 bits per heavy atom. The first-order valence-electron chi connectivity index (χ1n) is 10.9. The van der Waals surface area contributed by atoms with E-state index in [0.29, 0.717) is 41.6 Å². The first kappa shape index (κ1) is 27.6. The fourth-order valence-corrected chi connectivity index (χ4v) is 4.43. The number of carboxylic acid groups (broad SMARTS) is 3. The molecular formula is C23H28Cl2N2O7. The summed E-state index contributed by atoms with van der Waals surface area (Å²) in [6, 6.07) is 5.19. The second-order valence-electron chi connectivity index (χ2n) is 8.24.